The highest BCUT2D eigenvalue weighted by molar-refractivity contribution is 5.84. The number of rotatable bonds is 5. The van der Waals surface area contributed by atoms with Gasteiger partial charge in [0.1, 0.15) is 24.9 Å². The van der Waals surface area contributed by atoms with Crippen molar-refractivity contribution in [3.8, 4) is 0 Å². The van der Waals surface area contributed by atoms with Gasteiger partial charge in [0.2, 0.25) is 0 Å². The van der Waals surface area contributed by atoms with Crippen molar-refractivity contribution in [1.82, 2.24) is 10.6 Å². The summed E-state index contributed by atoms with van der Waals surface area (Å²) in [5, 5.41) is 49.5. The Morgan fingerprint density at radius 3 is 1.72 bits per heavy atom. The van der Waals surface area contributed by atoms with Crippen molar-refractivity contribution >= 4 is 5.78 Å². The molecule has 0 aromatic carbocycles. The summed E-state index contributed by atoms with van der Waals surface area (Å²) in [6, 6.07) is 0. The molecule has 7 N–H and O–H groups in total. The maximum Gasteiger partial charge on any atom is 0.189 e. The molecule has 0 aromatic rings. The minimum atomic E-state index is -1.86. The number of carbonyl (C=O) groups is 1. The fourth-order valence-corrected chi connectivity index (χ4v) is 1.21. The summed E-state index contributed by atoms with van der Waals surface area (Å²) in [5.74, 6) is -1.00. The molecule has 0 amide bonds. The Hall–Kier alpha value is -0.610. The third-order valence-corrected chi connectivity index (χ3v) is 2.35. The van der Waals surface area contributed by atoms with E-state index in [9.17, 15) is 4.79 Å². The summed E-state index contributed by atoms with van der Waals surface area (Å²) >= 11 is 0. The van der Waals surface area contributed by atoms with Crippen LogP contribution in [0.2, 0.25) is 0 Å². The normalized spacial score (nSPS) is 20.3. The minimum Gasteiger partial charge on any atom is -0.394 e. The van der Waals surface area contributed by atoms with Gasteiger partial charge < -0.3 is 36.2 Å². The van der Waals surface area contributed by atoms with Crippen LogP contribution in [0.25, 0.3) is 0 Å². The zero-order valence-electron chi connectivity index (χ0n) is 10.1. The van der Waals surface area contributed by atoms with E-state index in [4.69, 9.17) is 25.5 Å². The van der Waals surface area contributed by atoms with Crippen LogP contribution in [0.3, 0.4) is 0 Å². The molecule has 1 fully saturated rings. The highest BCUT2D eigenvalue weighted by Crippen LogP contribution is 2.00. The monoisotopic (exact) mass is 266 g/mol. The number of aliphatic hydroxyl groups excluding tert-OH is 5. The van der Waals surface area contributed by atoms with Crippen LogP contribution in [0.4, 0.5) is 0 Å². The molecule has 0 aliphatic carbocycles. The van der Waals surface area contributed by atoms with Crippen LogP contribution in [0.15, 0.2) is 0 Å². The fraction of sp³-hybridized carbons (Fsp3) is 0.900. The number of nitrogens with one attached hydrogen (secondary N) is 2. The van der Waals surface area contributed by atoms with Crippen LogP contribution >= 0.6 is 0 Å². The standard InChI is InChI=1S/C6H12O6.C4H10N2/c7-1-3(9)5(11)6(12)4(10)2-8;1-2-6-4-3-5-1/h3,5-9,11-12H,1-2H2;5-6H,1-4H2. The van der Waals surface area contributed by atoms with Crippen molar-refractivity contribution in [2.45, 2.75) is 18.3 Å². The molecule has 8 nitrogen and oxygen atoms in total. The van der Waals surface area contributed by atoms with E-state index >= 15 is 0 Å². The fourth-order valence-electron chi connectivity index (χ4n) is 1.21. The smallest absolute Gasteiger partial charge is 0.189 e. The molecule has 0 aromatic heterocycles. The number of aliphatic hydroxyl groups is 5. The molecular formula is C10H22N2O6. The molecule has 1 heterocycles. The van der Waals surface area contributed by atoms with Gasteiger partial charge in [-0.3, -0.25) is 4.79 Å². The van der Waals surface area contributed by atoms with Crippen LogP contribution in [-0.2, 0) is 4.79 Å². The third kappa shape index (κ3) is 6.97. The molecule has 0 saturated carbocycles. The molecule has 0 radical (unpaired) electrons. The van der Waals surface area contributed by atoms with Crippen molar-refractivity contribution in [1.29, 1.82) is 0 Å². The summed E-state index contributed by atoms with van der Waals surface area (Å²) in [4.78, 5) is 10.5. The lowest BCUT2D eigenvalue weighted by Crippen LogP contribution is -2.44. The van der Waals surface area contributed by atoms with Gasteiger partial charge in [-0.2, -0.15) is 0 Å². The quantitative estimate of drug-likeness (QED) is 0.265. The van der Waals surface area contributed by atoms with E-state index in [-0.39, 0.29) is 0 Å². The van der Waals surface area contributed by atoms with Gasteiger partial charge in [-0.25, -0.2) is 0 Å². The molecule has 0 spiro atoms. The zero-order valence-corrected chi connectivity index (χ0v) is 10.1. The third-order valence-electron chi connectivity index (χ3n) is 2.35. The van der Waals surface area contributed by atoms with Crippen LogP contribution in [-0.4, -0.2) is 89.0 Å². The molecule has 1 saturated heterocycles. The van der Waals surface area contributed by atoms with Gasteiger partial charge in [0, 0.05) is 26.2 Å². The lowest BCUT2D eigenvalue weighted by molar-refractivity contribution is -0.142. The molecule has 1 aliphatic heterocycles. The van der Waals surface area contributed by atoms with E-state index in [1.807, 2.05) is 0 Å². The molecule has 3 atom stereocenters. The van der Waals surface area contributed by atoms with Crippen molar-refractivity contribution in [2.75, 3.05) is 39.4 Å². The number of Topliss-reactive ketones (excluding diaryl/α,β-unsaturated/α-hetero) is 1. The maximum absolute atomic E-state index is 10.5. The van der Waals surface area contributed by atoms with Gasteiger partial charge >= 0.3 is 0 Å². The first-order valence-corrected chi connectivity index (χ1v) is 5.74. The highest BCUT2D eigenvalue weighted by atomic mass is 16.4. The molecule has 18 heavy (non-hydrogen) atoms. The SMILES string of the molecule is C1CNCCN1.O=C(CO)C(O)C(O)C(O)CO. The Morgan fingerprint density at radius 2 is 1.44 bits per heavy atom. The zero-order chi connectivity index (χ0) is 14.0. The lowest BCUT2D eigenvalue weighted by atomic mass is 10.1. The Labute approximate surface area is 105 Å². The molecule has 0 bridgehead atoms. The summed E-state index contributed by atoms with van der Waals surface area (Å²) in [5.41, 5.74) is 0. The van der Waals surface area contributed by atoms with E-state index in [0.717, 1.165) is 26.2 Å². The van der Waals surface area contributed by atoms with E-state index < -0.39 is 37.3 Å². The topological polar surface area (TPSA) is 142 Å². The highest BCUT2D eigenvalue weighted by Gasteiger charge is 2.28. The van der Waals surface area contributed by atoms with Gasteiger partial charge in [-0.1, -0.05) is 0 Å². The van der Waals surface area contributed by atoms with Crippen molar-refractivity contribution in [3.63, 3.8) is 0 Å². The number of carbonyl (C=O) groups excluding carboxylic acids is 1. The number of hydrogen-bond donors (Lipinski definition) is 7. The molecule has 3 unspecified atom stereocenters. The number of piperazine rings is 1. The molecule has 1 rings (SSSR count). The van der Waals surface area contributed by atoms with Crippen molar-refractivity contribution in [2.24, 2.45) is 0 Å². The average molecular weight is 266 g/mol. The van der Waals surface area contributed by atoms with Crippen LogP contribution in [0.5, 0.6) is 0 Å². The summed E-state index contributed by atoms with van der Waals surface area (Å²) in [6.07, 6.45) is -5.22. The Balaban J connectivity index is 0.000000397. The van der Waals surface area contributed by atoms with Crippen LogP contribution in [0.1, 0.15) is 0 Å². The summed E-state index contributed by atoms with van der Waals surface area (Å²) in [7, 11) is 0. The van der Waals surface area contributed by atoms with E-state index in [2.05, 4.69) is 10.6 Å². The van der Waals surface area contributed by atoms with Gasteiger partial charge in [0.05, 0.1) is 6.61 Å². The summed E-state index contributed by atoms with van der Waals surface area (Å²) in [6.45, 7) is 2.87. The van der Waals surface area contributed by atoms with Crippen molar-refractivity contribution < 1.29 is 30.3 Å². The Bertz CT molecular complexity index is 213. The van der Waals surface area contributed by atoms with Gasteiger partial charge in [0.25, 0.3) is 0 Å². The molecule has 108 valence electrons. The van der Waals surface area contributed by atoms with Crippen LogP contribution in [0, 0.1) is 0 Å². The number of ketones is 1. The first-order valence-electron chi connectivity index (χ1n) is 5.74. The predicted molar refractivity (Wildman–Crippen MR) is 62.9 cm³/mol. The Morgan fingerprint density at radius 1 is 1.00 bits per heavy atom. The maximum atomic E-state index is 10.5. The van der Waals surface area contributed by atoms with Crippen LogP contribution < -0.4 is 10.6 Å². The van der Waals surface area contributed by atoms with E-state index in [1.54, 1.807) is 0 Å². The second-order valence-corrected chi connectivity index (χ2v) is 3.81. The minimum absolute atomic E-state index is 0.767. The predicted octanol–water partition coefficient (Wildman–Crippen LogP) is -4.20. The first-order chi connectivity index (χ1) is 8.54. The second kappa shape index (κ2) is 10.3. The lowest BCUT2D eigenvalue weighted by Gasteiger charge is -2.19. The molecular weight excluding hydrogens is 244 g/mol. The van der Waals surface area contributed by atoms with E-state index in [0.29, 0.717) is 0 Å². The van der Waals surface area contributed by atoms with Crippen molar-refractivity contribution in [3.05, 3.63) is 0 Å². The van der Waals surface area contributed by atoms with Gasteiger partial charge in [-0.05, 0) is 0 Å². The van der Waals surface area contributed by atoms with Gasteiger partial charge in [0.15, 0.2) is 5.78 Å². The second-order valence-electron chi connectivity index (χ2n) is 3.81. The van der Waals surface area contributed by atoms with Gasteiger partial charge in [-0.15, -0.1) is 0 Å². The number of hydrogen-bond acceptors (Lipinski definition) is 8. The summed E-state index contributed by atoms with van der Waals surface area (Å²) < 4.78 is 0. The Kier molecular flexibility index (Phi) is 9.98. The first kappa shape index (κ1) is 17.4. The molecule has 8 heteroatoms. The molecule has 1 aliphatic rings. The van der Waals surface area contributed by atoms with E-state index in [1.165, 1.54) is 0 Å². The largest absolute Gasteiger partial charge is 0.394 e. The average Bonchev–Trinajstić information content (AvgIpc) is 2.46.